The van der Waals surface area contributed by atoms with Gasteiger partial charge in [-0.15, -0.1) is 0 Å². The zero-order chi connectivity index (χ0) is 22.9. The minimum absolute atomic E-state index is 0.00781. The van der Waals surface area contributed by atoms with Crippen molar-refractivity contribution in [3.63, 3.8) is 0 Å². The third-order valence-electron chi connectivity index (χ3n) is 5.12. The van der Waals surface area contributed by atoms with Crippen LogP contribution in [0.4, 0.5) is 5.69 Å². The van der Waals surface area contributed by atoms with Gasteiger partial charge in [-0.2, -0.15) is 5.10 Å². The molecule has 0 atom stereocenters. The van der Waals surface area contributed by atoms with Crippen molar-refractivity contribution in [1.29, 1.82) is 0 Å². The van der Waals surface area contributed by atoms with Gasteiger partial charge in [0.15, 0.2) is 9.84 Å². The summed E-state index contributed by atoms with van der Waals surface area (Å²) in [5, 5.41) is 11.2. The van der Waals surface area contributed by atoms with E-state index in [9.17, 15) is 18.0 Å². The molecule has 1 saturated heterocycles. The highest BCUT2D eigenvalue weighted by Crippen LogP contribution is 2.27. The summed E-state index contributed by atoms with van der Waals surface area (Å²) >= 11 is 6.13. The first-order valence-electron chi connectivity index (χ1n) is 9.94. The number of aromatic nitrogens is 2. The molecule has 3 aromatic rings. The molecule has 168 valence electrons. The van der Waals surface area contributed by atoms with Gasteiger partial charge >= 0.3 is 0 Å². The molecule has 0 radical (unpaired) electrons. The lowest BCUT2D eigenvalue weighted by atomic mass is 10.1. The summed E-state index contributed by atoms with van der Waals surface area (Å²) in [5.41, 5.74) is 1.30. The number of sulfone groups is 1. The Kier molecular flexibility index (Phi) is 6.18. The number of halogens is 1. The number of nitrogens with one attached hydrogen (secondary N) is 2. The summed E-state index contributed by atoms with van der Waals surface area (Å²) in [6.45, 7) is 1.70. The molecule has 0 bridgehead atoms. The normalized spacial score (nSPS) is 14.7. The largest absolute Gasteiger partial charge is 0.326 e. The third-order valence-corrected chi connectivity index (χ3v) is 6.59. The first-order chi connectivity index (χ1) is 15.2. The van der Waals surface area contributed by atoms with Crippen LogP contribution >= 0.6 is 11.6 Å². The summed E-state index contributed by atoms with van der Waals surface area (Å²) in [6, 6.07) is 10.1. The quantitative estimate of drug-likeness (QED) is 0.560. The van der Waals surface area contributed by atoms with Gasteiger partial charge in [0.25, 0.3) is 0 Å². The predicted molar refractivity (Wildman–Crippen MR) is 121 cm³/mol. The second-order valence-electron chi connectivity index (χ2n) is 7.64. The molecule has 32 heavy (non-hydrogen) atoms. The van der Waals surface area contributed by atoms with Crippen molar-refractivity contribution in [2.75, 3.05) is 31.2 Å². The zero-order valence-corrected chi connectivity index (χ0v) is 18.9. The lowest BCUT2D eigenvalue weighted by Gasteiger charge is -2.27. The highest BCUT2D eigenvalue weighted by Gasteiger charge is 2.21. The predicted octanol–water partition coefficient (Wildman–Crippen LogP) is 1.66. The van der Waals surface area contributed by atoms with Crippen molar-refractivity contribution < 1.29 is 18.0 Å². The van der Waals surface area contributed by atoms with Crippen LogP contribution in [0, 0.1) is 0 Å². The van der Waals surface area contributed by atoms with E-state index < -0.39 is 9.84 Å². The van der Waals surface area contributed by atoms with Crippen LogP contribution in [0.2, 0.25) is 5.02 Å². The van der Waals surface area contributed by atoms with E-state index in [1.165, 1.54) is 10.7 Å². The van der Waals surface area contributed by atoms with Crippen molar-refractivity contribution in [3.8, 4) is 0 Å². The number of piperazine rings is 1. The average molecular weight is 476 g/mol. The Balaban J connectivity index is 1.63. The van der Waals surface area contributed by atoms with Crippen molar-refractivity contribution in [2.45, 2.75) is 18.0 Å². The molecule has 0 saturated carbocycles. The topological polar surface area (TPSA) is 113 Å². The number of fused-ring (bicyclic) bond motifs is 1. The van der Waals surface area contributed by atoms with E-state index in [1.807, 2.05) is 0 Å². The first kappa shape index (κ1) is 22.3. The van der Waals surface area contributed by atoms with E-state index >= 15 is 0 Å². The fraction of sp³-hybridized carbons (Fsp3) is 0.286. The lowest BCUT2D eigenvalue weighted by molar-refractivity contribution is -0.133. The molecular formula is C21H22ClN5O4S. The molecule has 1 aliphatic rings. The van der Waals surface area contributed by atoms with Crippen LogP contribution in [0.15, 0.2) is 47.5 Å². The molecule has 0 spiro atoms. The molecule has 11 heteroatoms. The Bertz CT molecular complexity index is 1300. The number of nitrogens with zero attached hydrogens (tertiary/aromatic N) is 3. The van der Waals surface area contributed by atoms with Gasteiger partial charge in [-0.05, 0) is 23.8 Å². The van der Waals surface area contributed by atoms with Crippen LogP contribution < -0.4 is 10.6 Å². The standard InChI is InChI=1S/C21H22ClN5O4S/c1-32(30,31)18-10-16(24-19(28)9-14-4-2-3-5-17(14)22)8-15-12-27(25-21(15)18)13-26-7-6-23-11-20(26)29/h2-5,8,10,12,23H,6-7,9,11,13H2,1H3,(H,24,28). The summed E-state index contributed by atoms with van der Waals surface area (Å²) in [7, 11) is -3.62. The van der Waals surface area contributed by atoms with Crippen molar-refractivity contribution >= 4 is 49.8 Å². The summed E-state index contributed by atoms with van der Waals surface area (Å²) in [4.78, 5) is 26.3. The molecule has 1 aromatic heterocycles. The van der Waals surface area contributed by atoms with Gasteiger partial charge in [0.05, 0.1) is 17.9 Å². The van der Waals surface area contributed by atoms with E-state index in [2.05, 4.69) is 15.7 Å². The van der Waals surface area contributed by atoms with Gasteiger partial charge in [-0.25, -0.2) is 8.42 Å². The van der Waals surface area contributed by atoms with E-state index in [0.717, 1.165) is 6.26 Å². The van der Waals surface area contributed by atoms with E-state index in [4.69, 9.17) is 11.6 Å². The van der Waals surface area contributed by atoms with Gasteiger partial charge in [0, 0.05) is 41.6 Å². The molecule has 0 aliphatic carbocycles. The maximum Gasteiger partial charge on any atom is 0.238 e. The number of benzene rings is 2. The molecular weight excluding hydrogens is 454 g/mol. The van der Waals surface area contributed by atoms with Gasteiger partial charge < -0.3 is 15.5 Å². The van der Waals surface area contributed by atoms with Crippen LogP contribution in [-0.2, 0) is 32.5 Å². The van der Waals surface area contributed by atoms with Gasteiger partial charge in [0.1, 0.15) is 12.2 Å². The molecule has 9 nitrogen and oxygen atoms in total. The zero-order valence-electron chi connectivity index (χ0n) is 17.3. The monoisotopic (exact) mass is 475 g/mol. The maximum absolute atomic E-state index is 12.5. The Morgan fingerprint density at radius 3 is 2.78 bits per heavy atom. The fourth-order valence-electron chi connectivity index (χ4n) is 3.57. The second kappa shape index (κ2) is 8.89. The second-order valence-corrected chi connectivity index (χ2v) is 10.0. The average Bonchev–Trinajstić information content (AvgIpc) is 3.12. The van der Waals surface area contributed by atoms with Crippen molar-refractivity contribution in [2.24, 2.45) is 0 Å². The smallest absolute Gasteiger partial charge is 0.238 e. The summed E-state index contributed by atoms with van der Waals surface area (Å²) in [5.74, 6) is -0.373. The molecule has 4 rings (SSSR count). The maximum atomic E-state index is 12.5. The van der Waals surface area contributed by atoms with Gasteiger partial charge in [-0.1, -0.05) is 29.8 Å². The van der Waals surface area contributed by atoms with E-state index in [1.54, 1.807) is 41.4 Å². The Morgan fingerprint density at radius 1 is 1.28 bits per heavy atom. The molecule has 2 N–H and O–H groups in total. The highest BCUT2D eigenvalue weighted by atomic mass is 35.5. The molecule has 2 amide bonds. The minimum atomic E-state index is -3.62. The van der Waals surface area contributed by atoms with E-state index in [-0.39, 0.29) is 36.3 Å². The molecule has 1 fully saturated rings. The minimum Gasteiger partial charge on any atom is -0.326 e. The van der Waals surface area contributed by atoms with E-state index in [0.29, 0.717) is 40.3 Å². The van der Waals surface area contributed by atoms with Crippen molar-refractivity contribution in [3.05, 3.63) is 53.2 Å². The highest BCUT2D eigenvalue weighted by molar-refractivity contribution is 7.91. The summed E-state index contributed by atoms with van der Waals surface area (Å²) in [6.07, 6.45) is 2.81. The van der Waals surface area contributed by atoms with Crippen LogP contribution in [0.25, 0.3) is 10.9 Å². The Morgan fingerprint density at radius 2 is 2.06 bits per heavy atom. The van der Waals surface area contributed by atoms with Crippen LogP contribution in [-0.4, -0.2) is 60.8 Å². The number of amides is 2. The van der Waals surface area contributed by atoms with Crippen LogP contribution in [0.3, 0.4) is 0 Å². The number of hydrogen-bond acceptors (Lipinski definition) is 6. The van der Waals surface area contributed by atoms with Crippen LogP contribution in [0.5, 0.6) is 0 Å². The molecule has 1 aliphatic heterocycles. The van der Waals surface area contributed by atoms with Crippen LogP contribution in [0.1, 0.15) is 5.56 Å². The SMILES string of the molecule is CS(=O)(=O)c1cc(NC(=O)Cc2ccccc2Cl)cc2cn(CN3CCNCC3=O)nc12. The first-order valence-corrected chi connectivity index (χ1v) is 12.2. The Labute approximate surface area is 190 Å². The van der Waals surface area contributed by atoms with Crippen molar-refractivity contribution in [1.82, 2.24) is 20.0 Å². The Hall–Kier alpha value is -2.95. The number of anilines is 1. The number of carbonyl (C=O) groups excluding carboxylic acids is 2. The lowest BCUT2D eigenvalue weighted by Crippen LogP contribution is -2.48. The fourth-order valence-corrected chi connectivity index (χ4v) is 4.62. The molecule has 2 heterocycles. The third kappa shape index (κ3) is 4.93. The van der Waals surface area contributed by atoms with Gasteiger partial charge in [-0.3, -0.25) is 14.3 Å². The number of hydrogen-bond donors (Lipinski definition) is 2. The molecule has 0 unspecified atom stereocenters. The van der Waals surface area contributed by atoms with Gasteiger partial charge in [0.2, 0.25) is 11.8 Å². The number of carbonyl (C=O) groups is 2. The molecule has 2 aromatic carbocycles. The summed E-state index contributed by atoms with van der Waals surface area (Å²) < 4.78 is 26.4. The number of rotatable bonds is 6.